The van der Waals surface area contributed by atoms with Crippen molar-refractivity contribution < 1.29 is 13.9 Å². The van der Waals surface area contributed by atoms with E-state index < -0.39 is 23.0 Å². The molecule has 0 saturated heterocycles. The van der Waals surface area contributed by atoms with Gasteiger partial charge in [-0.25, -0.2) is 8.78 Å². The summed E-state index contributed by atoms with van der Waals surface area (Å²) in [7, 11) is 0. The highest BCUT2D eigenvalue weighted by atomic mass is 19.1. The average molecular weight is 276 g/mol. The number of benzene rings is 1. The molecule has 3 nitrogen and oxygen atoms in total. The first kappa shape index (κ1) is 14.3. The van der Waals surface area contributed by atoms with Crippen LogP contribution in [0, 0.1) is 11.2 Å². The highest BCUT2D eigenvalue weighted by Crippen LogP contribution is 2.29. The normalized spacial score (nSPS) is 11.7. The molecule has 0 saturated carbocycles. The van der Waals surface area contributed by atoms with E-state index >= 15 is 0 Å². The lowest BCUT2D eigenvalue weighted by atomic mass is 9.93. The maximum absolute atomic E-state index is 14.0. The van der Waals surface area contributed by atoms with Gasteiger partial charge in [0.15, 0.2) is 0 Å². The first-order chi connectivity index (χ1) is 9.21. The quantitative estimate of drug-likeness (QED) is 0.843. The molecule has 0 aliphatic carbocycles. The van der Waals surface area contributed by atoms with Crippen LogP contribution < -0.4 is 0 Å². The first-order valence-corrected chi connectivity index (χ1v) is 5.96. The third-order valence-corrected chi connectivity index (χ3v) is 3.02. The van der Waals surface area contributed by atoms with E-state index in [1.165, 1.54) is 12.3 Å². The Morgan fingerprint density at radius 2 is 2.05 bits per heavy atom. The number of allylic oxidation sites excluding steroid dienone is 1. The van der Waals surface area contributed by atoms with Crippen LogP contribution in [0.4, 0.5) is 8.78 Å². The zero-order valence-electron chi connectivity index (χ0n) is 11.2. The summed E-state index contributed by atoms with van der Waals surface area (Å²) in [6.07, 6.45) is 1.40. The van der Waals surface area contributed by atoms with Crippen LogP contribution in [-0.2, 0) is 5.60 Å². The number of nitrogens with zero attached hydrogens (tertiary/aromatic N) is 1. The maximum Gasteiger partial charge on any atom is 0.150 e. The molecule has 0 fully saturated rings. The van der Waals surface area contributed by atoms with Crippen molar-refractivity contribution in [1.29, 1.82) is 5.41 Å². The molecule has 0 unspecified atom stereocenters. The van der Waals surface area contributed by atoms with Crippen LogP contribution in [0.5, 0.6) is 0 Å². The lowest BCUT2D eigenvalue weighted by molar-refractivity contribution is 0.0801. The second-order valence-corrected chi connectivity index (χ2v) is 5.05. The van der Waals surface area contributed by atoms with Gasteiger partial charge in [-0.3, -0.25) is 10.4 Å². The molecule has 2 N–H and O–H groups in total. The van der Waals surface area contributed by atoms with E-state index in [4.69, 9.17) is 5.41 Å². The van der Waals surface area contributed by atoms with E-state index in [1.807, 2.05) is 0 Å². The Hall–Kier alpha value is -2.14. The molecule has 2 rings (SSSR count). The largest absolute Gasteiger partial charge is 0.386 e. The smallest absolute Gasteiger partial charge is 0.150 e. The Bertz CT molecular complexity index is 718. The van der Waals surface area contributed by atoms with Crippen molar-refractivity contribution in [1.82, 2.24) is 4.98 Å². The molecule has 1 heterocycles. The second-order valence-electron chi connectivity index (χ2n) is 5.05. The molecule has 0 radical (unpaired) electrons. The van der Waals surface area contributed by atoms with Crippen LogP contribution in [0.1, 0.15) is 25.0 Å². The minimum absolute atomic E-state index is 0.0565. The molecule has 5 heteroatoms. The number of rotatable bonds is 3. The van der Waals surface area contributed by atoms with Gasteiger partial charge in [0.1, 0.15) is 17.2 Å². The number of hydrogen-bond donors (Lipinski definition) is 2. The number of aromatic nitrogens is 1. The highest BCUT2D eigenvalue weighted by molar-refractivity contribution is 6.10. The van der Waals surface area contributed by atoms with Crippen LogP contribution in [0.25, 0.3) is 10.9 Å². The van der Waals surface area contributed by atoms with Gasteiger partial charge >= 0.3 is 0 Å². The molecule has 1 aromatic heterocycles. The van der Waals surface area contributed by atoms with Crippen molar-refractivity contribution in [3.05, 3.63) is 53.7 Å². The molecule has 0 bridgehead atoms. The zero-order valence-corrected chi connectivity index (χ0v) is 11.2. The summed E-state index contributed by atoms with van der Waals surface area (Å²) >= 11 is 0. The number of aliphatic hydroxyl groups is 1. The third-order valence-electron chi connectivity index (χ3n) is 3.02. The Kier molecular flexibility index (Phi) is 3.39. The summed E-state index contributed by atoms with van der Waals surface area (Å²) in [6, 6.07) is 4.04. The molecular formula is C15H14F2N2O. The van der Waals surface area contributed by atoms with Crippen molar-refractivity contribution in [2.24, 2.45) is 0 Å². The van der Waals surface area contributed by atoms with E-state index in [0.29, 0.717) is 10.9 Å². The summed E-state index contributed by atoms with van der Waals surface area (Å²) in [4.78, 5) is 3.93. The van der Waals surface area contributed by atoms with E-state index in [0.717, 1.165) is 6.07 Å². The van der Waals surface area contributed by atoms with Crippen LogP contribution in [-0.4, -0.2) is 15.8 Å². The fourth-order valence-corrected chi connectivity index (χ4v) is 2.05. The van der Waals surface area contributed by atoms with Crippen LogP contribution >= 0.6 is 0 Å². The summed E-state index contributed by atoms with van der Waals surface area (Å²) in [5, 5.41) is 18.0. The van der Waals surface area contributed by atoms with Gasteiger partial charge in [-0.2, -0.15) is 0 Å². The lowest BCUT2D eigenvalue weighted by Crippen LogP contribution is -2.16. The molecule has 0 atom stereocenters. The van der Waals surface area contributed by atoms with Gasteiger partial charge in [0.2, 0.25) is 0 Å². The Labute approximate surface area is 115 Å². The fourth-order valence-electron chi connectivity index (χ4n) is 2.05. The molecule has 1 aromatic carbocycles. The molecule has 104 valence electrons. The van der Waals surface area contributed by atoms with Gasteiger partial charge in [0.25, 0.3) is 0 Å². The van der Waals surface area contributed by atoms with Gasteiger partial charge in [-0.05, 0) is 37.6 Å². The minimum atomic E-state index is -1.21. The van der Waals surface area contributed by atoms with Crippen molar-refractivity contribution in [2.45, 2.75) is 19.4 Å². The molecule has 0 aliphatic heterocycles. The van der Waals surface area contributed by atoms with Crippen molar-refractivity contribution in [3.8, 4) is 0 Å². The molecule has 0 amide bonds. The summed E-state index contributed by atoms with van der Waals surface area (Å²) < 4.78 is 27.1. The van der Waals surface area contributed by atoms with Crippen molar-refractivity contribution >= 4 is 16.6 Å². The molecule has 20 heavy (non-hydrogen) atoms. The lowest BCUT2D eigenvalue weighted by Gasteiger charge is -2.20. The highest BCUT2D eigenvalue weighted by Gasteiger charge is 2.21. The zero-order chi connectivity index (χ0) is 15.1. The monoisotopic (exact) mass is 276 g/mol. The molecule has 2 aromatic rings. The van der Waals surface area contributed by atoms with E-state index in [-0.39, 0.29) is 11.1 Å². The second kappa shape index (κ2) is 4.76. The Morgan fingerprint density at radius 3 is 2.60 bits per heavy atom. The molecule has 0 spiro atoms. The topological polar surface area (TPSA) is 57.0 Å². The predicted octanol–water partition coefficient (Wildman–Crippen LogP) is 3.45. The summed E-state index contributed by atoms with van der Waals surface area (Å²) in [5.74, 6) is -1.62. The third kappa shape index (κ3) is 2.44. The predicted molar refractivity (Wildman–Crippen MR) is 74.0 cm³/mol. The van der Waals surface area contributed by atoms with Crippen LogP contribution in [0.15, 0.2) is 36.8 Å². The number of halogens is 2. The molecular weight excluding hydrogens is 262 g/mol. The van der Waals surface area contributed by atoms with Gasteiger partial charge in [0.05, 0.1) is 11.3 Å². The maximum atomic E-state index is 14.0. The number of hydrogen-bond acceptors (Lipinski definition) is 3. The molecule has 0 aliphatic rings. The van der Waals surface area contributed by atoms with E-state index in [2.05, 4.69) is 11.6 Å². The van der Waals surface area contributed by atoms with E-state index in [1.54, 1.807) is 19.9 Å². The number of nitrogens with one attached hydrogen (secondary N) is 1. The average Bonchev–Trinajstić information content (AvgIpc) is 2.35. The standard InChI is InChI=1S/C15H14F2N2O/c1-8(16)13(18)9-6-10-11(15(2,3)20)4-5-19-14(10)12(17)7-9/h4-7,18,20H,1H2,2-3H3. The van der Waals surface area contributed by atoms with Gasteiger partial charge in [-0.1, -0.05) is 6.58 Å². The number of pyridine rings is 1. The SMILES string of the molecule is C=C(F)C(=N)c1cc(F)c2nccc(C(C)(C)O)c2c1. The fraction of sp³-hybridized carbons (Fsp3) is 0.200. The van der Waals surface area contributed by atoms with Crippen molar-refractivity contribution in [2.75, 3.05) is 0 Å². The minimum Gasteiger partial charge on any atom is -0.386 e. The Balaban J connectivity index is 2.81. The van der Waals surface area contributed by atoms with Crippen LogP contribution in [0.3, 0.4) is 0 Å². The number of fused-ring (bicyclic) bond motifs is 1. The van der Waals surface area contributed by atoms with Crippen LogP contribution in [0.2, 0.25) is 0 Å². The summed E-state index contributed by atoms with van der Waals surface area (Å²) in [5.41, 5.74) is -1.11. The summed E-state index contributed by atoms with van der Waals surface area (Å²) in [6.45, 7) is 6.16. The van der Waals surface area contributed by atoms with Gasteiger partial charge in [0, 0.05) is 17.1 Å². The Morgan fingerprint density at radius 1 is 1.40 bits per heavy atom. The van der Waals surface area contributed by atoms with Crippen molar-refractivity contribution in [3.63, 3.8) is 0 Å². The van der Waals surface area contributed by atoms with Gasteiger partial charge in [-0.15, -0.1) is 0 Å². The van der Waals surface area contributed by atoms with E-state index in [9.17, 15) is 13.9 Å². The van der Waals surface area contributed by atoms with Gasteiger partial charge < -0.3 is 5.11 Å². The first-order valence-electron chi connectivity index (χ1n) is 5.96.